The normalized spacial score (nSPS) is 10.6. The van der Waals surface area contributed by atoms with Crippen molar-refractivity contribution < 1.29 is 14.1 Å². The summed E-state index contributed by atoms with van der Waals surface area (Å²) in [6, 6.07) is 3.79. The molecule has 0 N–H and O–H groups in total. The number of oxazole rings is 1. The molecule has 0 aliphatic carbocycles. The second-order valence-corrected chi connectivity index (χ2v) is 4.15. The SMILES string of the molecule is CN(C)C(=O)Cn1c(=O)oc2ccc([N+](=O)[O-])cc21. The summed E-state index contributed by atoms with van der Waals surface area (Å²) in [5.74, 6) is -1.03. The number of nitrogens with zero attached hydrogens (tertiary/aromatic N) is 3. The molecule has 2 aromatic rings. The van der Waals surface area contributed by atoms with E-state index in [1.165, 1.54) is 23.1 Å². The molecule has 1 amide bonds. The molecule has 0 atom stereocenters. The summed E-state index contributed by atoms with van der Waals surface area (Å²) in [5.41, 5.74) is 0.274. The number of nitro groups is 1. The molecular formula is C11H11N3O5. The maximum Gasteiger partial charge on any atom is 0.420 e. The number of non-ortho nitro benzene ring substituents is 1. The van der Waals surface area contributed by atoms with Gasteiger partial charge < -0.3 is 9.32 Å². The molecule has 0 radical (unpaired) electrons. The Balaban J connectivity index is 2.56. The zero-order chi connectivity index (χ0) is 14.2. The lowest BCUT2D eigenvalue weighted by Crippen LogP contribution is -2.29. The Kier molecular flexibility index (Phi) is 3.07. The van der Waals surface area contributed by atoms with Crippen molar-refractivity contribution in [3.8, 4) is 0 Å². The smallest absolute Gasteiger partial charge is 0.408 e. The third-order valence-corrected chi connectivity index (χ3v) is 2.65. The summed E-state index contributed by atoms with van der Waals surface area (Å²) in [7, 11) is 3.11. The van der Waals surface area contributed by atoms with Crippen LogP contribution in [0.5, 0.6) is 0 Å². The van der Waals surface area contributed by atoms with Crippen molar-refractivity contribution >= 4 is 22.7 Å². The minimum absolute atomic E-state index is 0.167. The molecule has 8 nitrogen and oxygen atoms in total. The third-order valence-electron chi connectivity index (χ3n) is 2.65. The highest BCUT2D eigenvalue weighted by atomic mass is 16.6. The molecule has 0 saturated heterocycles. The summed E-state index contributed by atoms with van der Waals surface area (Å²) in [4.78, 5) is 34.7. The first kappa shape index (κ1) is 12.8. The van der Waals surface area contributed by atoms with Crippen LogP contribution in [0.2, 0.25) is 0 Å². The molecular weight excluding hydrogens is 254 g/mol. The molecule has 0 spiro atoms. The fourth-order valence-corrected chi connectivity index (χ4v) is 1.59. The van der Waals surface area contributed by atoms with Gasteiger partial charge in [0.2, 0.25) is 5.91 Å². The van der Waals surface area contributed by atoms with E-state index in [1.54, 1.807) is 14.1 Å². The van der Waals surface area contributed by atoms with E-state index in [4.69, 9.17) is 4.42 Å². The maximum absolute atomic E-state index is 11.6. The van der Waals surface area contributed by atoms with Crippen LogP contribution in [-0.2, 0) is 11.3 Å². The molecule has 0 aliphatic heterocycles. The van der Waals surface area contributed by atoms with Crippen LogP contribution in [-0.4, -0.2) is 34.4 Å². The Morgan fingerprint density at radius 2 is 2.16 bits per heavy atom. The second-order valence-electron chi connectivity index (χ2n) is 4.15. The molecule has 100 valence electrons. The molecule has 0 unspecified atom stereocenters. The molecule has 1 aromatic carbocycles. The van der Waals surface area contributed by atoms with Gasteiger partial charge in [-0.15, -0.1) is 0 Å². The molecule has 2 rings (SSSR count). The number of carbonyl (C=O) groups is 1. The predicted octanol–water partition coefficient (Wildman–Crippen LogP) is 0.591. The largest absolute Gasteiger partial charge is 0.420 e. The number of rotatable bonds is 3. The monoisotopic (exact) mass is 265 g/mol. The maximum atomic E-state index is 11.6. The van der Waals surface area contributed by atoms with Crippen molar-refractivity contribution in [1.82, 2.24) is 9.47 Å². The van der Waals surface area contributed by atoms with Crippen LogP contribution in [0.25, 0.3) is 11.1 Å². The fraction of sp³-hybridized carbons (Fsp3) is 0.273. The van der Waals surface area contributed by atoms with Crippen LogP contribution in [0.15, 0.2) is 27.4 Å². The number of nitro benzene ring substituents is 1. The van der Waals surface area contributed by atoms with Gasteiger partial charge in [0.15, 0.2) is 5.58 Å². The Bertz CT molecular complexity index is 713. The average Bonchev–Trinajstić information content (AvgIpc) is 2.65. The summed E-state index contributed by atoms with van der Waals surface area (Å²) in [6.45, 7) is -0.222. The number of amides is 1. The predicted molar refractivity (Wildman–Crippen MR) is 65.8 cm³/mol. The van der Waals surface area contributed by atoms with Crippen LogP contribution < -0.4 is 5.76 Å². The van der Waals surface area contributed by atoms with Crippen molar-refractivity contribution in [2.45, 2.75) is 6.54 Å². The minimum atomic E-state index is -0.717. The molecule has 0 aliphatic rings. The van der Waals surface area contributed by atoms with Gasteiger partial charge in [-0.05, 0) is 6.07 Å². The Morgan fingerprint density at radius 3 is 2.74 bits per heavy atom. The van der Waals surface area contributed by atoms with E-state index >= 15 is 0 Å². The summed E-state index contributed by atoms with van der Waals surface area (Å²) < 4.78 is 6.00. The fourth-order valence-electron chi connectivity index (χ4n) is 1.59. The van der Waals surface area contributed by atoms with Gasteiger partial charge in [-0.1, -0.05) is 0 Å². The van der Waals surface area contributed by atoms with Gasteiger partial charge in [-0.25, -0.2) is 4.79 Å². The van der Waals surface area contributed by atoms with Gasteiger partial charge in [-0.3, -0.25) is 19.5 Å². The lowest BCUT2D eigenvalue weighted by molar-refractivity contribution is -0.384. The van der Waals surface area contributed by atoms with Gasteiger partial charge in [0.25, 0.3) is 5.69 Å². The first-order chi connectivity index (χ1) is 8.90. The van der Waals surface area contributed by atoms with E-state index in [0.29, 0.717) is 0 Å². The van der Waals surface area contributed by atoms with E-state index in [2.05, 4.69) is 0 Å². The van der Waals surface area contributed by atoms with E-state index in [-0.39, 0.29) is 29.2 Å². The minimum Gasteiger partial charge on any atom is -0.408 e. The van der Waals surface area contributed by atoms with Crippen LogP contribution in [0.4, 0.5) is 5.69 Å². The number of carbonyl (C=O) groups excluding carboxylic acids is 1. The Hall–Kier alpha value is -2.64. The van der Waals surface area contributed by atoms with E-state index < -0.39 is 10.7 Å². The van der Waals surface area contributed by atoms with Crippen LogP contribution in [0.1, 0.15) is 0 Å². The second kappa shape index (κ2) is 4.56. The van der Waals surface area contributed by atoms with Gasteiger partial charge in [-0.2, -0.15) is 0 Å². The van der Waals surface area contributed by atoms with Crippen LogP contribution >= 0.6 is 0 Å². The molecule has 8 heteroatoms. The number of benzene rings is 1. The van der Waals surface area contributed by atoms with Gasteiger partial charge in [0.05, 0.1) is 10.4 Å². The number of aromatic nitrogens is 1. The molecule has 19 heavy (non-hydrogen) atoms. The molecule has 1 aromatic heterocycles. The van der Waals surface area contributed by atoms with Crippen molar-refractivity contribution in [3.63, 3.8) is 0 Å². The number of hydrogen-bond donors (Lipinski definition) is 0. The van der Waals surface area contributed by atoms with E-state index in [9.17, 15) is 19.7 Å². The topological polar surface area (TPSA) is 98.6 Å². The highest BCUT2D eigenvalue weighted by Crippen LogP contribution is 2.20. The van der Waals surface area contributed by atoms with Crippen molar-refractivity contribution in [2.24, 2.45) is 0 Å². The molecule has 0 bridgehead atoms. The van der Waals surface area contributed by atoms with Gasteiger partial charge in [0, 0.05) is 26.2 Å². The average molecular weight is 265 g/mol. The van der Waals surface area contributed by atoms with E-state index in [0.717, 1.165) is 4.57 Å². The lowest BCUT2D eigenvalue weighted by Gasteiger charge is -2.09. The number of hydrogen-bond acceptors (Lipinski definition) is 5. The zero-order valence-electron chi connectivity index (χ0n) is 10.3. The highest BCUT2D eigenvalue weighted by molar-refractivity contribution is 5.80. The summed E-state index contributed by atoms with van der Waals surface area (Å²) in [5, 5.41) is 10.7. The highest BCUT2D eigenvalue weighted by Gasteiger charge is 2.16. The van der Waals surface area contributed by atoms with E-state index in [1.807, 2.05) is 0 Å². The first-order valence-corrected chi connectivity index (χ1v) is 5.38. The Labute approximate surface area is 107 Å². The van der Waals surface area contributed by atoms with Crippen molar-refractivity contribution in [2.75, 3.05) is 14.1 Å². The van der Waals surface area contributed by atoms with Gasteiger partial charge >= 0.3 is 5.76 Å². The molecule has 1 heterocycles. The van der Waals surface area contributed by atoms with Crippen LogP contribution in [0.3, 0.4) is 0 Å². The lowest BCUT2D eigenvalue weighted by atomic mass is 10.3. The molecule has 0 saturated carbocycles. The number of fused-ring (bicyclic) bond motifs is 1. The van der Waals surface area contributed by atoms with Gasteiger partial charge in [0.1, 0.15) is 6.54 Å². The summed E-state index contributed by atoms with van der Waals surface area (Å²) >= 11 is 0. The standard InChI is InChI=1S/C11H11N3O5/c1-12(2)10(15)6-13-8-5-7(14(17)18)3-4-9(8)19-11(13)16/h3-5H,6H2,1-2H3. The summed E-state index contributed by atoms with van der Waals surface area (Å²) in [6.07, 6.45) is 0. The Morgan fingerprint density at radius 1 is 1.47 bits per heavy atom. The number of likely N-dealkylation sites (N-methyl/N-ethyl adjacent to an activating group) is 1. The van der Waals surface area contributed by atoms with Crippen LogP contribution in [0, 0.1) is 10.1 Å². The first-order valence-electron chi connectivity index (χ1n) is 5.38. The quantitative estimate of drug-likeness (QED) is 0.597. The van der Waals surface area contributed by atoms with Crippen molar-refractivity contribution in [3.05, 3.63) is 38.9 Å². The van der Waals surface area contributed by atoms with Crippen molar-refractivity contribution in [1.29, 1.82) is 0 Å². The third kappa shape index (κ3) is 2.32. The molecule has 0 fully saturated rings. The zero-order valence-corrected chi connectivity index (χ0v) is 10.3.